The van der Waals surface area contributed by atoms with Crippen LogP contribution in [0.5, 0.6) is 5.75 Å². The third-order valence-electron chi connectivity index (χ3n) is 3.21. The number of ether oxygens (including phenoxy) is 1. The van der Waals surface area contributed by atoms with E-state index in [-0.39, 0.29) is 0 Å². The highest BCUT2D eigenvalue weighted by Crippen LogP contribution is 2.36. The number of methoxy groups -OCH3 is 1. The maximum absolute atomic E-state index is 6.18. The van der Waals surface area contributed by atoms with Gasteiger partial charge in [0.25, 0.3) is 0 Å². The van der Waals surface area contributed by atoms with Gasteiger partial charge in [-0.05, 0) is 41.1 Å². The van der Waals surface area contributed by atoms with Crippen molar-refractivity contribution in [2.24, 2.45) is 0 Å². The minimum Gasteiger partial charge on any atom is -0.495 e. The van der Waals surface area contributed by atoms with Crippen LogP contribution in [0.3, 0.4) is 0 Å². The molecular formula is C16H19ClIN4OP. The Bertz CT molecular complexity index is 840. The van der Waals surface area contributed by atoms with Crippen LogP contribution in [0.2, 0.25) is 5.15 Å². The van der Waals surface area contributed by atoms with Gasteiger partial charge in [0.2, 0.25) is 0 Å². The van der Waals surface area contributed by atoms with Gasteiger partial charge in [-0.1, -0.05) is 37.6 Å². The Hall–Kier alpha value is -1.11. The van der Waals surface area contributed by atoms with Crippen molar-refractivity contribution in [1.82, 2.24) is 14.3 Å². The molecule has 0 aliphatic heterocycles. The predicted molar refractivity (Wildman–Crippen MR) is 113 cm³/mol. The van der Waals surface area contributed by atoms with E-state index in [9.17, 15) is 0 Å². The van der Waals surface area contributed by atoms with Gasteiger partial charge in [-0.3, -0.25) is 4.34 Å². The van der Waals surface area contributed by atoms with Crippen molar-refractivity contribution in [3.05, 3.63) is 41.3 Å². The van der Waals surface area contributed by atoms with Gasteiger partial charge in [-0.15, -0.1) is 0 Å². The summed E-state index contributed by atoms with van der Waals surface area (Å²) in [6.45, 7) is 5.97. The molecule has 3 rings (SSSR count). The molecular weight excluding hydrogens is 458 g/mol. The van der Waals surface area contributed by atoms with Crippen LogP contribution in [0.15, 0.2) is 30.3 Å². The molecule has 1 atom stereocenters. The number of rotatable bonds is 4. The molecule has 0 fully saturated rings. The molecule has 24 heavy (non-hydrogen) atoms. The van der Waals surface area contributed by atoms with Crippen LogP contribution in [0, 0.1) is 6.92 Å². The van der Waals surface area contributed by atoms with Crippen LogP contribution in [0.1, 0.15) is 19.7 Å². The Morgan fingerprint density at radius 2 is 1.92 bits per heavy atom. The molecule has 1 unspecified atom stereocenters. The van der Waals surface area contributed by atoms with Gasteiger partial charge in [0.1, 0.15) is 22.2 Å². The highest BCUT2D eigenvalue weighted by atomic mass is 127. The lowest BCUT2D eigenvalue weighted by Crippen LogP contribution is -1.96. The van der Waals surface area contributed by atoms with Gasteiger partial charge < -0.3 is 10.1 Å². The number of aryl methyl sites for hydroxylation is 1. The second-order valence-corrected chi connectivity index (χ2v) is 7.02. The Morgan fingerprint density at radius 1 is 1.21 bits per heavy atom. The lowest BCUT2D eigenvalue weighted by Gasteiger charge is -2.11. The van der Waals surface area contributed by atoms with Crippen molar-refractivity contribution in [3.63, 3.8) is 0 Å². The molecule has 1 aromatic carbocycles. The molecule has 2 heterocycles. The first kappa shape index (κ1) is 19.2. The van der Waals surface area contributed by atoms with Gasteiger partial charge in [-0.25, -0.2) is 9.97 Å². The molecule has 3 aromatic rings. The highest BCUT2D eigenvalue weighted by Gasteiger charge is 2.15. The minimum atomic E-state index is 0.431. The summed E-state index contributed by atoms with van der Waals surface area (Å²) in [5, 5.41) is 3.78. The number of para-hydroxylation sites is 2. The van der Waals surface area contributed by atoms with E-state index in [1.165, 1.54) is 0 Å². The first-order chi connectivity index (χ1) is 11.6. The SMILES string of the molecule is CC.COc1ccccc1Nc1cc(Cl)nc2c1nc(C)n2PI. The number of imidazole rings is 1. The minimum absolute atomic E-state index is 0.431. The van der Waals surface area contributed by atoms with Gasteiger partial charge >= 0.3 is 0 Å². The van der Waals surface area contributed by atoms with Crippen molar-refractivity contribution < 1.29 is 4.74 Å². The summed E-state index contributed by atoms with van der Waals surface area (Å²) in [4.78, 5) is 9.03. The number of anilines is 2. The number of benzene rings is 1. The Kier molecular flexibility index (Phi) is 7.07. The number of hydrogen-bond donors (Lipinski definition) is 1. The van der Waals surface area contributed by atoms with Crippen LogP contribution in [-0.2, 0) is 0 Å². The molecule has 128 valence electrons. The van der Waals surface area contributed by atoms with Crippen LogP contribution in [0.25, 0.3) is 11.2 Å². The molecule has 1 N–H and O–H groups in total. The Labute approximate surface area is 161 Å². The summed E-state index contributed by atoms with van der Waals surface area (Å²) in [5.41, 5.74) is 3.26. The third kappa shape index (κ3) is 3.92. The average molecular weight is 477 g/mol. The largest absolute Gasteiger partial charge is 0.495 e. The van der Waals surface area contributed by atoms with E-state index < -0.39 is 0 Å². The van der Waals surface area contributed by atoms with Crippen LogP contribution in [0.4, 0.5) is 11.4 Å². The molecule has 0 saturated carbocycles. The zero-order valence-electron chi connectivity index (χ0n) is 13.9. The topological polar surface area (TPSA) is 52.0 Å². The van der Waals surface area contributed by atoms with E-state index in [4.69, 9.17) is 16.3 Å². The summed E-state index contributed by atoms with van der Waals surface area (Å²) in [6, 6.07) is 9.50. The van der Waals surface area contributed by atoms with E-state index in [1.807, 2.05) is 45.0 Å². The van der Waals surface area contributed by atoms with Crippen molar-refractivity contribution in [3.8, 4) is 5.75 Å². The summed E-state index contributed by atoms with van der Waals surface area (Å²) < 4.78 is 7.42. The van der Waals surface area contributed by atoms with Gasteiger partial charge in [0.05, 0.1) is 24.9 Å². The number of hydrogen-bond acceptors (Lipinski definition) is 4. The number of pyridine rings is 1. The smallest absolute Gasteiger partial charge is 0.167 e. The molecule has 0 aliphatic rings. The lowest BCUT2D eigenvalue weighted by molar-refractivity contribution is 0.417. The molecule has 0 amide bonds. The standard InChI is InChI=1S/C14H13ClIN4OP.C2H6/c1-8-17-13-10(7-12(15)19-14(13)20(8)22-16)18-9-5-3-4-6-11(9)21-2;1-2/h3-7,22H,1-2H3,(H,18,19);1-2H3. The normalized spacial score (nSPS) is 10.8. The van der Waals surface area contributed by atoms with Gasteiger partial charge in [0, 0.05) is 6.07 Å². The molecule has 0 spiro atoms. The van der Waals surface area contributed by atoms with E-state index in [2.05, 4.69) is 41.7 Å². The van der Waals surface area contributed by atoms with E-state index in [0.717, 1.165) is 34.1 Å². The number of nitrogens with zero attached hydrogens (tertiary/aromatic N) is 3. The van der Waals surface area contributed by atoms with Crippen LogP contribution in [-0.4, -0.2) is 21.4 Å². The van der Waals surface area contributed by atoms with E-state index >= 15 is 0 Å². The molecule has 0 saturated heterocycles. The number of aromatic nitrogens is 3. The third-order valence-corrected chi connectivity index (χ3v) is 5.56. The fraction of sp³-hybridized carbons (Fsp3) is 0.250. The summed E-state index contributed by atoms with van der Waals surface area (Å²) in [7, 11) is 1.64. The van der Waals surface area contributed by atoms with Crippen molar-refractivity contribution >= 4 is 62.6 Å². The first-order valence-corrected chi connectivity index (χ1v) is 11.9. The maximum atomic E-state index is 6.18. The fourth-order valence-corrected chi connectivity index (χ4v) is 4.55. The molecule has 0 radical (unpaired) electrons. The zero-order chi connectivity index (χ0) is 17.7. The summed E-state index contributed by atoms with van der Waals surface area (Å²) in [6.07, 6.45) is 0.516. The fourth-order valence-electron chi connectivity index (χ4n) is 2.21. The Morgan fingerprint density at radius 3 is 2.58 bits per heavy atom. The predicted octanol–water partition coefficient (Wildman–Crippen LogP) is 5.96. The first-order valence-electron chi connectivity index (χ1n) is 7.46. The summed E-state index contributed by atoms with van der Waals surface area (Å²) in [5.74, 6) is 1.68. The number of nitrogens with one attached hydrogen (secondary N) is 1. The van der Waals surface area contributed by atoms with Crippen molar-refractivity contribution in [2.45, 2.75) is 20.8 Å². The van der Waals surface area contributed by atoms with Crippen molar-refractivity contribution in [1.29, 1.82) is 0 Å². The van der Waals surface area contributed by atoms with Crippen LogP contribution < -0.4 is 10.1 Å². The van der Waals surface area contributed by atoms with E-state index in [1.54, 1.807) is 13.2 Å². The molecule has 5 nitrogen and oxygen atoms in total. The highest BCUT2D eigenvalue weighted by molar-refractivity contribution is 14.2. The second kappa shape index (κ2) is 8.83. The number of fused-ring (bicyclic) bond motifs is 1. The lowest BCUT2D eigenvalue weighted by atomic mass is 10.2. The molecule has 8 heteroatoms. The molecule has 0 aliphatic carbocycles. The van der Waals surface area contributed by atoms with Gasteiger partial charge in [0.15, 0.2) is 5.65 Å². The van der Waals surface area contributed by atoms with Crippen molar-refractivity contribution in [2.75, 3.05) is 12.4 Å². The Balaban J connectivity index is 0.00000100. The quantitative estimate of drug-likeness (QED) is 0.287. The van der Waals surface area contributed by atoms with Gasteiger partial charge in [-0.2, -0.15) is 0 Å². The zero-order valence-corrected chi connectivity index (χ0v) is 17.8. The molecule has 2 aromatic heterocycles. The monoisotopic (exact) mass is 476 g/mol. The van der Waals surface area contributed by atoms with Crippen LogP contribution >= 0.6 is 40.0 Å². The molecule has 0 bridgehead atoms. The second-order valence-electron chi connectivity index (χ2n) is 4.57. The summed E-state index contributed by atoms with van der Waals surface area (Å²) >= 11 is 8.49. The maximum Gasteiger partial charge on any atom is 0.167 e. The van der Waals surface area contributed by atoms with E-state index in [0.29, 0.717) is 11.5 Å². The number of halogens is 2. The average Bonchev–Trinajstić information content (AvgIpc) is 2.92.